The van der Waals surface area contributed by atoms with Crippen molar-refractivity contribution in [3.05, 3.63) is 254 Å². The molecule has 0 amide bonds. The van der Waals surface area contributed by atoms with Crippen LogP contribution < -0.4 is 9.80 Å². The van der Waals surface area contributed by atoms with E-state index in [4.69, 9.17) is 0 Å². The van der Waals surface area contributed by atoms with Crippen LogP contribution in [0.2, 0.25) is 0 Å². The highest BCUT2D eigenvalue weighted by molar-refractivity contribution is 5.99. The molecular weight excluding hydrogens is 713 g/mol. The molecule has 7 aromatic rings. The van der Waals surface area contributed by atoms with Gasteiger partial charge in [0.2, 0.25) is 0 Å². The maximum Gasteiger partial charge on any atom is 0.0540 e. The molecular formula is C57H50N2. The van der Waals surface area contributed by atoms with Crippen LogP contribution in [0.15, 0.2) is 242 Å². The van der Waals surface area contributed by atoms with Gasteiger partial charge in [-0.1, -0.05) is 190 Å². The summed E-state index contributed by atoms with van der Waals surface area (Å²) < 4.78 is 0. The molecule has 7 aromatic carbocycles. The molecule has 8 rings (SSSR count). The average Bonchev–Trinajstić information content (AvgIpc) is 3.45. The lowest BCUT2D eigenvalue weighted by Crippen LogP contribution is -2.32. The van der Waals surface area contributed by atoms with E-state index >= 15 is 0 Å². The lowest BCUT2D eigenvalue weighted by atomic mass is 9.66. The van der Waals surface area contributed by atoms with Gasteiger partial charge in [-0.3, -0.25) is 0 Å². The van der Waals surface area contributed by atoms with Crippen LogP contribution in [0.25, 0.3) is 28.0 Å². The van der Waals surface area contributed by atoms with Crippen molar-refractivity contribution in [3.63, 3.8) is 0 Å². The van der Waals surface area contributed by atoms with E-state index < -0.39 is 0 Å². The Labute approximate surface area is 350 Å². The molecule has 2 nitrogen and oxygen atoms in total. The van der Waals surface area contributed by atoms with Crippen molar-refractivity contribution in [3.8, 4) is 11.1 Å². The minimum Gasteiger partial charge on any atom is -0.310 e. The van der Waals surface area contributed by atoms with E-state index in [1.165, 1.54) is 27.5 Å². The van der Waals surface area contributed by atoms with E-state index in [1.807, 2.05) is 12.2 Å². The predicted octanol–water partition coefficient (Wildman–Crippen LogP) is 15.9. The van der Waals surface area contributed by atoms with Gasteiger partial charge in [0, 0.05) is 45.2 Å². The van der Waals surface area contributed by atoms with Crippen LogP contribution in [0.5, 0.6) is 0 Å². The second kappa shape index (κ2) is 17.1. The summed E-state index contributed by atoms with van der Waals surface area (Å²) in [5.41, 5.74) is 13.7. The summed E-state index contributed by atoms with van der Waals surface area (Å²) in [5.74, 6) is 0.0756. The van der Waals surface area contributed by atoms with Crippen molar-refractivity contribution in [2.75, 3.05) is 9.80 Å². The SMILES string of the molecule is C=C/C=C\C1=C(N(c2ccccc2)c2ccc(-c3ccc(N(c4ccccc4)c4cccc5ccccc45)cc3)cc2)C=CC=C(C)C1C(C)(C)c1ccc(C=C)cc1. The summed E-state index contributed by atoms with van der Waals surface area (Å²) in [6.07, 6.45) is 14.8. The monoisotopic (exact) mass is 762 g/mol. The van der Waals surface area contributed by atoms with Gasteiger partial charge < -0.3 is 9.80 Å². The first kappa shape index (κ1) is 38.7. The van der Waals surface area contributed by atoms with Gasteiger partial charge in [0.05, 0.1) is 5.69 Å². The number of anilines is 5. The molecule has 59 heavy (non-hydrogen) atoms. The number of hydrogen-bond acceptors (Lipinski definition) is 2. The van der Waals surface area contributed by atoms with Crippen LogP contribution >= 0.6 is 0 Å². The fraction of sp³-hybridized carbons (Fsp3) is 0.0877. The molecule has 0 aliphatic heterocycles. The van der Waals surface area contributed by atoms with Crippen molar-refractivity contribution in [2.24, 2.45) is 5.92 Å². The van der Waals surface area contributed by atoms with Crippen molar-refractivity contribution >= 4 is 45.3 Å². The van der Waals surface area contributed by atoms with E-state index in [-0.39, 0.29) is 11.3 Å². The van der Waals surface area contributed by atoms with Crippen LogP contribution in [-0.2, 0) is 5.41 Å². The highest BCUT2D eigenvalue weighted by Gasteiger charge is 2.37. The largest absolute Gasteiger partial charge is 0.310 e. The molecule has 288 valence electrons. The highest BCUT2D eigenvalue weighted by atomic mass is 15.2. The average molecular weight is 763 g/mol. The Morgan fingerprint density at radius 3 is 1.71 bits per heavy atom. The van der Waals surface area contributed by atoms with Gasteiger partial charge >= 0.3 is 0 Å². The summed E-state index contributed by atoms with van der Waals surface area (Å²) in [7, 11) is 0. The Morgan fingerprint density at radius 1 is 0.559 bits per heavy atom. The molecule has 0 aromatic heterocycles. The fourth-order valence-corrected chi connectivity index (χ4v) is 8.62. The van der Waals surface area contributed by atoms with Crippen LogP contribution in [-0.4, -0.2) is 0 Å². The molecule has 1 aliphatic rings. The minimum absolute atomic E-state index is 0.0756. The number of nitrogens with zero attached hydrogens (tertiary/aromatic N) is 2. The molecule has 0 bridgehead atoms. The number of para-hydroxylation sites is 2. The Kier molecular flexibility index (Phi) is 11.2. The molecule has 0 spiro atoms. The quantitative estimate of drug-likeness (QED) is 0.114. The first-order valence-corrected chi connectivity index (χ1v) is 20.4. The Hall–Kier alpha value is -7.16. The van der Waals surface area contributed by atoms with Gasteiger partial charge in [-0.05, 0) is 101 Å². The molecule has 2 heteroatoms. The predicted molar refractivity (Wildman–Crippen MR) is 255 cm³/mol. The number of allylic oxidation sites excluding steroid dienone is 8. The molecule has 0 saturated heterocycles. The minimum atomic E-state index is -0.236. The summed E-state index contributed by atoms with van der Waals surface area (Å²) in [6.45, 7) is 15.0. The van der Waals surface area contributed by atoms with Crippen LogP contribution in [0.3, 0.4) is 0 Å². The van der Waals surface area contributed by atoms with Crippen molar-refractivity contribution < 1.29 is 0 Å². The smallest absolute Gasteiger partial charge is 0.0540 e. The lowest BCUT2D eigenvalue weighted by Gasteiger charge is -2.39. The van der Waals surface area contributed by atoms with Crippen molar-refractivity contribution in [1.82, 2.24) is 0 Å². The summed E-state index contributed by atoms with van der Waals surface area (Å²) in [4.78, 5) is 4.74. The van der Waals surface area contributed by atoms with E-state index in [1.54, 1.807) is 0 Å². The molecule has 0 radical (unpaired) electrons. The highest BCUT2D eigenvalue weighted by Crippen LogP contribution is 2.46. The summed E-state index contributed by atoms with van der Waals surface area (Å²) in [6, 6.07) is 63.2. The van der Waals surface area contributed by atoms with Crippen LogP contribution in [0.1, 0.15) is 31.9 Å². The first-order valence-electron chi connectivity index (χ1n) is 20.4. The van der Waals surface area contributed by atoms with Gasteiger partial charge in [0.1, 0.15) is 0 Å². The number of fused-ring (bicyclic) bond motifs is 1. The molecule has 1 unspecified atom stereocenters. The normalized spacial score (nSPS) is 14.2. The molecule has 0 fully saturated rings. The van der Waals surface area contributed by atoms with Crippen molar-refractivity contribution in [2.45, 2.75) is 26.2 Å². The Bertz CT molecular complexity index is 2690. The topological polar surface area (TPSA) is 6.48 Å². The first-order chi connectivity index (χ1) is 28.9. The number of benzene rings is 7. The van der Waals surface area contributed by atoms with Crippen molar-refractivity contribution in [1.29, 1.82) is 0 Å². The second-order valence-corrected chi connectivity index (χ2v) is 15.6. The van der Waals surface area contributed by atoms with E-state index in [0.29, 0.717) is 0 Å². The maximum absolute atomic E-state index is 4.07. The fourth-order valence-electron chi connectivity index (χ4n) is 8.62. The molecule has 0 N–H and O–H groups in total. The summed E-state index contributed by atoms with van der Waals surface area (Å²) in [5, 5.41) is 2.43. The van der Waals surface area contributed by atoms with Gasteiger partial charge in [0.15, 0.2) is 0 Å². The third-order valence-corrected chi connectivity index (χ3v) is 11.6. The molecule has 1 aliphatic carbocycles. The second-order valence-electron chi connectivity index (χ2n) is 15.6. The van der Waals surface area contributed by atoms with Gasteiger partial charge in [-0.2, -0.15) is 0 Å². The number of rotatable bonds is 12. The Balaban J connectivity index is 1.19. The summed E-state index contributed by atoms with van der Waals surface area (Å²) >= 11 is 0. The zero-order valence-electron chi connectivity index (χ0n) is 34.2. The standard InChI is InChI=1S/C57H50N2/c1-6-8-26-53-55(28-17-19-42(3)56(53)57(4,5)47-36-30-43(7-2)31-37-47)59(49-24-13-10-14-25-49)51-40-34-45(35-41-51)44-32-38-50(39-33-44)58(48-22-11-9-12-23-48)54-29-18-21-46-20-15-16-27-52(46)54/h6-41,56H,1-2H2,3-5H3/b26-8-. The van der Waals surface area contributed by atoms with Crippen LogP contribution in [0, 0.1) is 5.92 Å². The zero-order valence-corrected chi connectivity index (χ0v) is 34.2. The van der Waals surface area contributed by atoms with E-state index in [9.17, 15) is 0 Å². The maximum atomic E-state index is 4.07. The molecule has 1 atom stereocenters. The molecule has 0 saturated carbocycles. The zero-order chi connectivity index (χ0) is 40.8. The van der Waals surface area contributed by atoms with E-state index in [2.05, 4.69) is 250 Å². The van der Waals surface area contributed by atoms with Gasteiger partial charge in [-0.25, -0.2) is 0 Å². The Morgan fingerprint density at radius 2 is 1.10 bits per heavy atom. The number of hydrogen-bond donors (Lipinski definition) is 0. The lowest BCUT2D eigenvalue weighted by molar-refractivity contribution is 0.414. The third-order valence-electron chi connectivity index (χ3n) is 11.6. The van der Waals surface area contributed by atoms with Gasteiger partial charge in [0.25, 0.3) is 0 Å². The van der Waals surface area contributed by atoms with E-state index in [0.717, 1.165) is 50.8 Å². The molecule has 0 heterocycles. The third kappa shape index (κ3) is 7.91. The van der Waals surface area contributed by atoms with Crippen LogP contribution in [0.4, 0.5) is 28.4 Å². The van der Waals surface area contributed by atoms with Gasteiger partial charge in [-0.15, -0.1) is 0 Å².